The third-order valence-corrected chi connectivity index (χ3v) is 4.88. The van der Waals surface area contributed by atoms with Gasteiger partial charge in [0.1, 0.15) is 0 Å². The number of hydrogen-bond donors (Lipinski definition) is 2. The number of aliphatic hydroxyl groups excluding tert-OH is 2. The van der Waals surface area contributed by atoms with Gasteiger partial charge in [-0.25, -0.2) is 0 Å². The van der Waals surface area contributed by atoms with Crippen LogP contribution in [0.15, 0.2) is 0 Å². The van der Waals surface area contributed by atoms with Crippen LogP contribution in [0.5, 0.6) is 0 Å². The molecule has 7 nitrogen and oxygen atoms in total. The van der Waals surface area contributed by atoms with Crippen molar-refractivity contribution >= 4 is 11.9 Å². The smallest absolute Gasteiger partial charge is 0.311 e. The molecular formula is C17H31NO6. The van der Waals surface area contributed by atoms with Crippen LogP contribution in [0.25, 0.3) is 0 Å². The Morgan fingerprint density at radius 2 is 1.62 bits per heavy atom. The number of piperidine rings is 1. The van der Waals surface area contributed by atoms with Crippen LogP contribution in [0.3, 0.4) is 0 Å². The van der Waals surface area contributed by atoms with Gasteiger partial charge in [-0.1, -0.05) is 0 Å². The number of likely N-dealkylation sites (tertiary alicyclic amines) is 1. The zero-order chi connectivity index (χ0) is 18.7. The van der Waals surface area contributed by atoms with Gasteiger partial charge in [0.15, 0.2) is 0 Å². The van der Waals surface area contributed by atoms with Crippen LogP contribution >= 0.6 is 0 Å². The van der Waals surface area contributed by atoms with Crippen molar-refractivity contribution in [2.75, 3.05) is 20.8 Å². The van der Waals surface area contributed by atoms with E-state index in [4.69, 9.17) is 4.74 Å². The Morgan fingerprint density at radius 3 is 2.04 bits per heavy atom. The van der Waals surface area contributed by atoms with Crippen molar-refractivity contribution in [3.05, 3.63) is 0 Å². The molecule has 2 N–H and O–H groups in total. The lowest BCUT2D eigenvalue weighted by molar-refractivity contribution is -0.159. The standard InChI is InChI=1S/C17H31NO6/c1-16(2)8-11(19)9-17(3,4)18(16)10-13(20)12(15(22)24-6)7-14(21)23-5/h11-13,19-20H,7-10H2,1-6H3. The Hall–Kier alpha value is -1.18. The van der Waals surface area contributed by atoms with Crippen molar-refractivity contribution < 1.29 is 29.3 Å². The minimum atomic E-state index is -1.08. The molecule has 0 radical (unpaired) electrons. The molecule has 24 heavy (non-hydrogen) atoms. The third-order valence-electron chi connectivity index (χ3n) is 4.88. The van der Waals surface area contributed by atoms with Crippen molar-refractivity contribution in [2.24, 2.45) is 5.92 Å². The topological polar surface area (TPSA) is 96.3 Å². The van der Waals surface area contributed by atoms with Crippen molar-refractivity contribution in [3.8, 4) is 0 Å². The van der Waals surface area contributed by atoms with Gasteiger partial charge in [-0.2, -0.15) is 0 Å². The number of carbonyl (C=O) groups excluding carboxylic acids is 2. The average molecular weight is 345 g/mol. The van der Waals surface area contributed by atoms with Crippen LogP contribution in [0.4, 0.5) is 0 Å². The minimum absolute atomic E-state index is 0.198. The number of β-amino-alcohol motifs (C(OH)–C–C–N with tert-alkyl or cyclic N) is 1. The van der Waals surface area contributed by atoms with Crippen molar-refractivity contribution in [1.29, 1.82) is 0 Å². The van der Waals surface area contributed by atoms with Crippen LogP contribution in [-0.2, 0) is 19.1 Å². The van der Waals surface area contributed by atoms with Gasteiger partial charge in [-0.3, -0.25) is 14.5 Å². The van der Waals surface area contributed by atoms with E-state index in [-0.39, 0.29) is 24.0 Å². The second-order valence-electron chi connectivity index (χ2n) is 7.77. The second kappa shape index (κ2) is 7.80. The van der Waals surface area contributed by atoms with E-state index < -0.39 is 30.1 Å². The molecule has 1 saturated heterocycles. The SMILES string of the molecule is COC(=O)CC(C(=O)OC)C(O)CN1C(C)(C)CC(O)CC1(C)C. The molecule has 0 bridgehead atoms. The first kappa shape index (κ1) is 20.9. The van der Waals surface area contributed by atoms with E-state index in [9.17, 15) is 19.8 Å². The quantitative estimate of drug-likeness (QED) is 0.685. The van der Waals surface area contributed by atoms with Crippen LogP contribution in [0, 0.1) is 5.92 Å². The molecule has 0 saturated carbocycles. The monoisotopic (exact) mass is 345 g/mol. The lowest BCUT2D eigenvalue weighted by atomic mass is 9.77. The fourth-order valence-electron chi connectivity index (χ4n) is 3.86. The average Bonchev–Trinajstić information content (AvgIpc) is 2.45. The third kappa shape index (κ3) is 4.91. The highest BCUT2D eigenvalue weighted by atomic mass is 16.5. The van der Waals surface area contributed by atoms with Crippen LogP contribution in [0.2, 0.25) is 0 Å². The van der Waals surface area contributed by atoms with E-state index in [1.165, 1.54) is 14.2 Å². The van der Waals surface area contributed by atoms with Gasteiger partial charge in [0.05, 0.1) is 38.8 Å². The highest BCUT2D eigenvalue weighted by Gasteiger charge is 2.46. The molecule has 1 fully saturated rings. The molecule has 0 spiro atoms. The largest absolute Gasteiger partial charge is 0.469 e. The van der Waals surface area contributed by atoms with Gasteiger partial charge in [-0.05, 0) is 40.5 Å². The van der Waals surface area contributed by atoms with Crippen LogP contribution in [-0.4, -0.2) is 71.1 Å². The van der Waals surface area contributed by atoms with Crippen molar-refractivity contribution in [3.63, 3.8) is 0 Å². The van der Waals surface area contributed by atoms with E-state index in [0.29, 0.717) is 12.8 Å². The number of methoxy groups -OCH3 is 2. The fraction of sp³-hybridized carbons (Fsp3) is 0.882. The van der Waals surface area contributed by atoms with Gasteiger partial charge >= 0.3 is 11.9 Å². The Kier molecular flexibility index (Phi) is 6.78. The highest BCUT2D eigenvalue weighted by Crippen LogP contribution is 2.38. The first-order chi connectivity index (χ1) is 10.9. The molecule has 0 amide bonds. The molecule has 0 aromatic carbocycles. The minimum Gasteiger partial charge on any atom is -0.469 e. The van der Waals surface area contributed by atoms with Gasteiger partial charge in [0, 0.05) is 17.6 Å². The summed E-state index contributed by atoms with van der Waals surface area (Å²) in [4.78, 5) is 25.6. The molecule has 140 valence electrons. The van der Waals surface area contributed by atoms with E-state index >= 15 is 0 Å². The van der Waals surface area contributed by atoms with E-state index in [0.717, 1.165) is 0 Å². The zero-order valence-corrected chi connectivity index (χ0v) is 15.5. The van der Waals surface area contributed by atoms with E-state index in [1.54, 1.807) is 0 Å². The Labute approximate surface area is 143 Å². The summed E-state index contributed by atoms with van der Waals surface area (Å²) in [5, 5.41) is 20.7. The lowest BCUT2D eigenvalue weighted by Gasteiger charge is -2.55. The fourth-order valence-corrected chi connectivity index (χ4v) is 3.86. The number of esters is 2. The first-order valence-electron chi connectivity index (χ1n) is 8.23. The Balaban J connectivity index is 2.97. The maximum Gasteiger partial charge on any atom is 0.311 e. The number of aliphatic hydroxyl groups is 2. The molecule has 2 atom stereocenters. The maximum absolute atomic E-state index is 12.0. The zero-order valence-electron chi connectivity index (χ0n) is 15.5. The predicted octanol–water partition coefficient (Wildman–Crippen LogP) is 0.714. The van der Waals surface area contributed by atoms with Crippen LogP contribution < -0.4 is 0 Å². The number of nitrogens with zero attached hydrogens (tertiary/aromatic N) is 1. The summed E-state index contributed by atoms with van der Waals surface area (Å²) in [6.45, 7) is 8.19. The van der Waals surface area contributed by atoms with Crippen LogP contribution in [0.1, 0.15) is 47.0 Å². The molecule has 1 heterocycles. The number of hydrogen-bond acceptors (Lipinski definition) is 7. The normalized spacial score (nSPS) is 23.3. The molecule has 0 aliphatic carbocycles. The molecule has 7 heteroatoms. The van der Waals surface area contributed by atoms with E-state index in [2.05, 4.69) is 9.64 Å². The molecule has 2 unspecified atom stereocenters. The molecular weight excluding hydrogens is 314 g/mol. The Morgan fingerprint density at radius 1 is 1.12 bits per heavy atom. The molecule has 0 aromatic rings. The number of carbonyl (C=O) groups is 2. The maximum atomic E-state index is 12.0. The number of ether oxygens (including phenoxy) is 2. The predicted molar refractivity (Wildman–Crippen MR) is 88.3 cm³/mol. The van der Waals surface area contributed by atoms with Gasteiger partial charge in [0.25, 0.3) is 0 Å². The molecule has 1 aliphatic rings. The second-order valence-corrected chi connectivity index (χ2v) is 7.77. The summed E-state index contributed by atoms with van der Waals surface area (Å²) < 4.78 is 9.33. The van der Waals surface area contributed by atoms with Crippen molar-refractivity contribution in [2.45, 2.75) is 70.2 Å². The molecule has 0 aromatic heterocycles. The molecule has 1 aliphatic heterocycles. The summed E-state index contributed by atoms with van der Waals surface area (Å²) in [5.74, 6) is -2.20. The summed E-state index contributed by atoms with van der Waals surface area (Å²) in [6.07, 6.45) is -0.575. The summed E-state index contributed by atoms with van der Waals surface area (Å²) in [5.41, 5.74) is -0.706. The van der Waals surface area contributed by atoms with E-state index in [1.807, 2.05) is 27.7 Å². The highest BCUT2D eigenvalue weighted by molar-refractivity contribution is 5.80. The van der Waals surface area contributed by atoms with Gasteiger partial charge in [0.2, 0.25) is 0 Å². The number of rotatable bonds is 6. The Bertz CT molecular complexity index is 444. The van der Waals surface area contributed by atoms with Gasteiger partial charge < -0.3 is 19.7 Å². The first-order valence-corrected chi connectivity index (χ1v) is 8.23. The summed E-state index contributed by atoms with van der Waals surface area (Å²) in [6, 6.07) is 0. The lowest BCUT2D eigenvalue weighted by Crippen LogP contribution is -2.64. The summed E-state index contributed by atoms with van der Waals surface area (Å²) >= 11 is 0. The van der Waals surface area contributed by atoms with Gasteiger partial charge in [-0.15, -0.1) is 0 Å². The van der Waals surface area contributed by atoms with Crippen molar-refractivity contribution in [1.82, 2.24) is 4.90 Å². The molecule has 1 rings (SSSR count). The summed E-state index contributed by atoms with van der Waals surface area (Å²) in [7, 11) is 2.46.